The number of rotatable bonds is 6. The molecule has 5 nitrogen and oxygen atoms in total. The van der Waals surface area contributed by atoms with Gasteiger partial charge in [0.2, 0.25) is 5.91 Å². The van der Waals surface area contributed by atoms with Crippen molar-refractivity contribution in [3.63, 3.8) is 0 Å². The molecule has 0 heterocycles. The Kier molecular flexibility index (Phi) is 4.44. The number of urea groups is 1. The van der Waals surface area contributed by atoms with Crippen LogP contribution >= 0.6 is 0 Å². The van der Waals surface area contributed by atoms with Gasteiger partial charge < -0.3 is 16.0 Å². The molecule has 18 heavy (non-hydrogen) atoms. The Morgan fingerprint density at radius 1 is 1.17 bits per heavy atom. The van der Waals surface area contributed by atoms with Crippen LogP contribution in [-0.2, 0) is 4.79 Å². The molecular formula is C13H23N3O2. The van der Waals surface area contributed by atoms with E-state index in [1.54, 1.807) is 0 Å². The standard InChI is InChI=1S/C13H23N3O2/c1-9-8-11(9)16-13(18)15-7-3-6-14-12(17)10-4-2-5-10/h9-11H,2-8H2,1H3,(H,14,17)(H2,15,16,18). The second-order valence-electron chi connectivity index (χ2n) is 5.49. The van der Waals surface area contributed by atoms with Gasteiger partial charge in [-0.2, -0.15) is 0 Å². The molecule has 0 saturated heterocycles. The van der Waals surface area contributed by atoms with E-state index in [4.69, 9.17) is 0 Å². The van der Waals surface area contributed by atoms with Crippen LogP contribution in [0.2, 0.25) is 0 Å². The highest BCUT2D eigenvalue weighted by molar-refractivity contribution is 5.79. The van der Waals surface area contributed by atoms with Crippen molar-refractivity contribution >= 4 is 11.9 Å². The fourth-order valence-corrected chi connectivity index (χ4v) is 2.06. The van der Waals surface area contributed by atoms with Crippen LogP contribution in [0.3, 0.4) is 0 Å². The zero-order chi connectivity index (χ0) is 13.0. The molecule has 2 atom stereocenters. The second-order valence-corrected chi connectivity index (χ2v) is 5.49. The molecule has 3 N–H and O–H groups in total. The lowest BCUT2D eigenvalue weighted by Gasteiger charge is -2.23. The molecule has 0 aromatic carbocycles. The Labute approximate surface area is 108 Å². The molecule has 0 radical (unpaired) electrons. The smallest absolute Gasteiger partial charge is 0.315 e. The summed E-state index contributed by atoms with van der Waals surface area (Å²) in [6.45, 7) is 3.38. The van der Waals surface area contributed by atoms with Crippen LogP contribution in [0.1, 0.15) is 39.0 Å². The van der Waals surface area contributed by atoms with Crippen molar-refractivity contribution in [1.29, 1.82) is 0 Å². The Hall–Kier alpha value is -1.26. The average molecular weight is 253 g/mol. The Morgan fingerprint density at radius 2 is 1.83 bits per heavy atom. The summed E-state index contributed by atoms with van der Waals surface area (Å²) in [5.74, 6) is 1.05. The van der Waals surface area contributed by atoms with E-state index >= 15 is 0 Å². The summed E-state index contributed by atoms with van der Waals surface area (Å²) in [7, 11) is 0. The molecular weight excluding hydrogens is 230 g/mol. The molecule has 2 aliphatic rings. The average Bonchev–Trinajstić information content (AvgIpc) is 2.91. The van der Waals surface area contributed by atoms with Crippen LogP contribution in [0.15, 0.2) is 0 Å². The van der Waals surface area contributed by atoms with Crippen LogP contribution in [0, 0.1) is 11.8 Å². The highest BCUT2D eigenvalue weighted by Gasteiger charge is 2.33. The number of carbonyl (C=O) groups is 2. The molecule has 2 unspecified atom stereocenters. The fraction of sp³-hybridized carbons (Fsp3) is 0.846. The number of hydrogen-bond donors (Lipinski definition) is 3. The van der Waals surface area contributed by atoms with E-state index in [9.17, 15) is 9.59 Å². The maximum absolute atomic E-state index is 11.5. The SMILES string of the molecule is CC1CC1NC(=O)NCCCNC(=O)C1CCC1. The summed E-state index contributed by atoms with van der Waals surface area (Å²) in [6, 6.07) is 0.276. The number of amides is 3. The minimum atomic E-state index is -0.0883. The first kappa shape index (κ1) is 13.2. The summed E-state index contributed by atoms with van der Waals surface area (Å²) in [4.78, 5) is 22.9. The summed E-state index contributed by atoms with van der Waals surface area (Å²) in [6.07, 6.45) is 5.12. The van der Waals surface area contributed by atoms with Gasteiger partial charge in [0.15, 0.2) is 0 Å². The predicted molar refractivity (Wildman–Crippen MR) is 69.1 cm³/mol. The van der Waals surface area contributed by atoms with E-state index in [2.05, 4.69) is 22.9 Å². The van der Waals surface area contributed by atoms with E-state index in [0.29, 0.717) is 25.0 Å². The van der Waals surface area contributed by atoms with Crippen molar-refractivity contribution in [2.24, 2.45) is 11.8 Å². The van der Waals surface area contributed by atoms with Crippen molar-refractivity contribution in [2.75, 3.05) is 13.1 Å². The molecule has 0 aromatic rings. The van der Waals surface area contributed by atoms with Gasteiger partial charge >= 0.3 is 6.03 Å². The van der Waals surface area contributed by atoms with Gasteiger partial charge in [-0.25, -0.2) is 4.79 Å². The normalized spacial score (nSPS) is 26.1. The largest absolute Gasteiger partial charge is 0.356 e. The van der Waals surface area contributed by atoms with Crippen molar-refractivity contribution < 1.29 is 9.59 Å². The van der Waals surface area contributed by atoms with Gasteiger partial charge in [-0.05, 0) is 31.6 Å². The van der Waals surface area contributed by atoms with E-state index in [0.717, 1.165) is 25.7 Å². The van der Waals surface area contributed by atoms with Crippen LogP contribution in [0.5, 0.6) is 0 Å². The molecule has 0 aromatic heterocycles. The molecule has 0 spiro atoms. The van der Waals surface area contributed by atoms with Crippen molar-refractivity contribution in [2.45, 2.75) is 45.1 Å². The van der Waals surface area contributed by atoms with Crippen LogP contribution in [-0.4, -0.2) is 31.1 Å². The lowest BCUT2D eigenvalue weighted by molar-refractivity contribution is -0.127. The quantitative estimate of drug-likeness (QED) is 0.618. The van der Waals surface area contributed by atoms with Crippen molar-refractivity contribution in [1.82, 2.24) is 16.0 Å². The third-order valence-electron chi connectivity index (χ3n) is 3.84. The molecule has 2 fully saturated rings. The molecule has 2 rings (SSSR count). The maximum Gasteiger partial charge on any atom is 0.315 e. The molecule has 0 bridgehead atoms. The van der Waals surface area contributed by atoms with Crippen LogP contribution < -0.4 is 16.0 Å². The molecule has 0 aliphatic heterocycles. The summed E-state index contributed by atoms with van der Waals surface area (Å²) < 4.78 is 0. The van der Waals surface area contributed by atoms with Gasteiger partial charge in [-0.3, -0.25) is 4.79 Å². The third kappa shape index (κ3) is 3.89. The van der Waals surface area contributed by atoms with Gasteiger partial charge in [0.25, 0.3) is 0 Å². The van der Waals surface area contributed by atoms with E-state index in [1.807, 2.05) is 0 Å². The van der Waals surface area contributed by atoms with Crippen LogP contribution in [0.25, 0.3) is 0 Å². The molecule has 3 amide bonds. The maximum atomic E-state index is 11.5. The Morgan fingerprint density at radius 3 is 2.39 bits per heavy atom. The molecule has 2 aliphatic carbocycles. The van der Waals surface area contributed by atoms with E-state index in [1.165, 1.54) is 6.42 Å². The summed E-state index contributed by atoms with van der Waals surface area (Å²) in [5, 5.41) is 8.61. The van der Waals surface area contributed by atoms with E-state index in [-0.39, 0.29) is 17.9 Å². The van der Waals surface area contributed by atoms with Crippen LogP contribution in [0.4, 0.5) is 4.79 Å². The Bertz CT molecular complexity index is 315. The van der Waals surface area contributed by atoms with Gasteiger partial charge in [0, 0.05) is 25.0 Å². The lowest BCUT2D eigenvalue weighted by atomic mass is 9.85. The van der Waals surface area contributed by atoms with Crippen molar-refractivity contribution in [3.05, 3.63) is 0 Å². The number of nitrogens with one attached hydrogen (secondary N) is 3. The third-order valence-corrected chi connectivity index (χ3v) is 3.84. The number of carbonyl (C=O) groups excluding carboxylic acids is 2. The lowest BCUT2D eigenvalue weighted by Crippen LogP contribution is -2.39. The zero-order valence-corrected chi connectivity index (χ0v) is 11.0. The topological polar surface area (TPSA) is 70.2 Å². The first-order valence-corrected chi connectivity index (χ1v) is 6.99. The van der Waals surface area contributed by atoms with Gasteiger partial charge in [0.1, 0.15) is 0 Å². The number of hydrogen-bond acceptors (Lipinski definition) is 2. The Balaban J connectivity index is 1.43. The molecule has 2 saturated carbocycles. The fourth-order valence-electron chi connectivity index (χ4n) is 2.06. The summed E-state index contributed by atoms with van der Waals surface area (Å²) >= 11 is 0. The first-order chi connectivity index (χ1) is 8.66. The minimum Gasteiger partial charge on any atom is -0.356 e. The minimum absolute atomic E-state index is 0.0883. The molecule has 5 heteroatoms. The first-order valence-electron chi connectivity index (χ1n) is 6.99. The highest BCUT2D eigenvalue weighted by Crippen LogP contribution is 2.28. The second kappa shape index (κ2) is 6.07. The van der Waals surface area contributed by atoms with Gasteiger partial charge in [-0.15, -0.1) is 0 Å². The molecule has 102 valence electrons. The summed E-state index contributed by atoms with van der Waals surface area (Å²) in [5.41, 5.74) is 0. The van der Waals surface area contributed by atoms with E-state index < -0.39 is 0 Å². The zero-order valence-electron chi connectivity index (χ0n) is 11.0. The monoisotopic (exact) mass is 253 g/mol. The highest BCUT2D eigenvalue weighted by atomic mass is 16.2. The predicted octanol–water partition coefficient (Wildman–Crippen LogP) is 1.00. The van der Waals surface area contributed by atoms with Gasteiger partial charge in [0.05, 0.1) is 0 Å². The van der Waals surface area contributed by atoms with Crippen molar-refractivity contribution in [3.8, 4) is 0 Å². The van der Waals surface area contributed by atoms with Gasteiger partial charge in [-0.1, -0.05) is 13.3 Å².